The maximum atomic E-state index is 10.6. The molecule has 2 rings (SSSR count). The van der Waals surface area contributed by atoms with Crippen LogP contribution in [-0.2, 0) is 0 Å². The number of nitrogens with zero attached hydrogens (tertiary/aromatic N) is 1. The highest BCUT2D eigenvalue weighted by atomic mass is 16.6. The van der Waals surface area contributed by atoms with Crippen molar-refractivity contribution in [2.75, 3.05) is 20.2 Å². The highest BCUT2D eigenvalue weighted by molar-refractivity contribution is 5.84. The van der Waals surface area contributed by atoms with Crippen molar-refractivity contribution in [1.82, 2.24) is 4.90 Å². The third-order valence-corrected chi connectivity index (χ3v) is 3.13. The van der Waals surface area contributed by atoms with Crippen molar-refractivity contribution >= 4 is 5.97 Å². The third-order valence-electron chi connectivity index (χ3n) is 3.13. The minimum Gasteiger partial charge on any atom is -0.475 e. The predicted molar refractivity (Wildman–Crippen MR) is 61.4 cm³/mol. The van der Waals surface area contributed by atoms with Crippen molar-refractivity contribution in [1.29, 1.82) is 0 Å². The van der Waals surface area contributed by atoms with Gasteiger partial charge in [-0.25, -0.2) is 4.79 Å². The number of hydrogen-bond acceptors (Lipinski definition) is 4. The van der Waals surface area contributed by atoms with E-state index in [2.05, 4.69) is 11.9 Å². The molecule has 1 aromatic rings. The molecule has 5 heteroatoms. The van der Waals surface area contributed by atoms with Crippen molar-refractivity contribution in [2.24, 2.45) is 0 Å². The Bertz CT molecular complexity index is 388. The number of ether oxygens (including phenoxy) is 1. The molecule has 1 aliphatic heterocycles. The monoisotopic (exact) mass is 239 g/mol. The van der Waals surface area contributed by atoms with Crippen LogP contribution in [0.5, 0.6) is 5.95 Å². The van der Waals surface area contributed by atoms with Gasteiger partial charge in [-0.2, -0.15) is 0 Å². The molecule has 1 saturated heterocycles. The van der Waals surface area contributed by atoms with E-state index in [1.807, 2.05) is 0 Å². The first-order valence-electron chi connectivity index (χ1n) is 5.83. The van der Waals surface area contributed by atoms with Gasteiger partial charge in [-0.1, -0.05) is 6.42 Å². The minimum atomic E-state index is -1.07. The number of carbonyl (C=O) groups is 1. The van der Waals surface area contributed by atoms with E-state index in [0.717, 1.165) is 13.0 Å². The summed E-state index contributed by atoms with van der Waals surface area (Å²) in [5, 5.41) is 8.70. The van der Waals surface area contributed by atoms with E-state index in [9.17, 15) is 4.79 Å². The van der Waals surface area contributed by atoms with Crippen LogP contribution in [0.2, 0.25) is 0 Å². The standard InChI is InChI=1S/C12H17NO4/c1-13-7-3-2-4-9(13)8-16-11-6-5-10(17-11)12(14)15/h5-6,9H,2-4,7-8H2,1H3,(H,14,15). The number of hydrogen-bond donors (Lipinski definition) is 1. The van der Waals surface area contributed by atoms with E-state index < -0.39 is 5.97 Å². The zero-order valence-corrected chi connectivity index (χ0v) is 9.89. The van der Waals surface area contributed by atoms with Crippen LogP contribution in [0.3, 0.4) is 0 Å². The number of piperidine rings is 1. The SMILES string of the molecule is CN1CCCCC1COc1ccc(C(=O)O)o1. The summed E-state index contributed by atoms with van der Waals surface area (Å²) < 4.78 is 10.5. The average Bonchev–Trinajstić information content (AvgIpc) is 2.77. The second kappa shape index (κ2) is 5.23. The van der Waals surface area contributed by atoms with Gasteiger partial charge in [-0.15, -0.1) is 0 Å². The van der Waals surface area contributed by atoms with Crippen LogP contribution in [0, 0.1) is 0 Å². The van der Waals surface area contributed by atoms with Gasteiger partial charge >= 0.3 is 5.97 Å². The summed E-state index contributed by atoms with van der Waals surface area (Å²) in [6, 6.07) is 3.34. The molecule has 0 amide bonds. The van der Waals surface area contributed by atoms with Gasteiger partial charge in [0.1, 0.15) is 6.61 Å². The van der Waals surface area contributed by atoms with Gasteiger partial charge in [0, 0.05) is 12.1 Å². The molecule has 0 bridgehead atoms. The molecule has 0 saturated carbocycles. The smallest absolute Gasteiger partial charge is 0.371 e. The van der Waals surface area contributed by atoms with Crippen molar-refractivity contribution < 1.29 is 19.1 Å². The number of carboxylic acid groups (broad SMARTS) is 1. The Hall–Kier alpha value is -1.49. The Morgan fingerprint density at radius 2 is 2.41 bits per heavy atom. The van der Waals surface area contributed by atoms with Gasteiger partial charge in [0.2, 0.25) is 5.76 Å². The number of carboxylic acids is 1. The molecule has 5 nitrogen and oxygen atoms in total. The molecular weight excluding hydrogens is 222 g/mol. The van der Waals surface area contributed by atoms with Crippen molar-refractivity contribution in [2.45, 2.75) is 25.3 Å². The van der Waals surface area contributed by atoms with E-state index in [-0.39, 0.29) is 11.7 Å². The van der Waals surface area contributed by atoms with E-state index in [0.29, 0.717) is 12.6 Å². The van der Waals surface area contributed by atoms with Gasteiger partial charge in [0.05, 0.1) is 0 Å². The van der Waals surface area contributed by atoms with Crippen molar-refractivity contribution in [3.63, 3.8) is 0 Å². The van der Waals surface area contributed by atoms with Crippen molar-refractivity contribution in [3.8, 4) is 5.95 Å². The molecular formula is C12H17NO4. The molecule has 0 aromatic carbocycles. The fourth-order valence-electron chi connectivity index (χ4n) is 2.05. The Kier molecular flexibility index (Phi) is 3.68. The van der Waals surface area contributed by atoms with Crippen LogP contribution < -0.4 is 4.74 Å². The number of likely N-dealkylation sites (tertiary alicyclic amines) is 1. The van der Waals surface area contributed by atoms with Gasteiger partial charge in [-0.3, -0.25) is 0 Å². The summed E-state index contributed by atoms with van der Waals surface area (Å²) in [5.74, 6) is -0.881. The molecule has 0 aliphatic carbocycles. The lowest BCUT2D eigenvalue weighted by Gasteiger charge is -2.31. The average molecular weight is 239 g/mol. The van der Waals surface area contributed by atoms with E-state index in [4.69, 9.17) is 14.3 Å². The molecule has 0 radical (unpaired) electrons. The fraction of sp³-hybridized carbons (Fsp3) is 0.583. The van der Waals surface area contributed by atoms with E-state index in [1.54, 1.807) is 6.07 Å². The molecule has 1 aromatic heterocycles. The first-order chi connectivity index (χ1) is 8.16. The number of rotatable bonds is 4. The second-order valence-electron chi connectivity index (χ2n) is 4.37. The number of furan rings is 1. The van der Waals surface area contributed by atoms with Crippen LogP contribution in [0.4, 0.5) is 0 Å². The normalized spacial score (nSPS) is 21.4. The van der Waals surface area contributed by atoms with Crippen molar-refractivity contribution in [3.05, 3.63) is 17.9 Å². The first kappa shape index (κ1) is 12.0. The highest BCUT2D eigenvalue weighted by Gasteiger charge is 2.20. The van der Waals surface area contributed by atoms with Gasteiger partial charge in [0.25, 0.3) is 5.95 Å². The Morgan fingerprint density at radius 3 is 3.06 bits per heavy atom. The summed E-state index contributed by atoms with van der Waals surface area (Å²) in [5.41, 5.74) is 0. The summed E-state index contributed by atoms with van der Waals surface area (Å²) in [6.45, 7) is 1.63. The molecule has 1 N–H and O–H groups in total. The molecule has 0 spiro atoms. The van der Waals surface area contributed by atoms with Gasteiger partial charge < -0.3 is 19.2 Å². The van der Waals surface area contributed by atoms with Crippen LogP contribution >= 0.6 is 0 Å². The molecule has 17 heavy (non-hydrogen) atoms. The third kappa shape index (κ3) is 3.00. The summed E-state index contributed by atoms with van der Waals surface area (Å²) >= 11 is 0. The Labute approximate surface area is 100.0 Å². The second-order valence-corrected chi connectivity index (χ2v) is 4.37. The summed E-state index contributed by atoms with van der Waals surface area (Å²) in [6.07, 6.45) is 3.57. The van der Waals surface area contributed by atoms with Gasteiger partial charge in [0.15, 0.2) is 0 Å². The van der Waals surface area contributed by atoms with E-state index >= 15 is 0 Å². The zero-order chi connectivity index (χ0) is 12.3. The lowest BCUT2D eigenvalue weighted by molar-refractivity contribution is 0.0644. The van der Waals surface area contributed by atoms with Crippen LogP contribution in [-0.4, -0.2) is 42.2 Å². The lowest BCUT2D eigenvalue weighted by Crippen LogP contribution is -2.40. The maximum Gasteiger partial charge on any atom is 0.371 e. The summed E-state index contributed by atoms with van der Waals surface area (Å²) in [4.78, 5) is 12.9. The van der Waals surface area contributed by atoms with Crippen LogP contribution in [0.1, 0.15) is 29.8 Å². The molecule has 2 heterocycles. The highest BCUT2D eigenvalue weighted by Crippen LogP contribution is 2.19. The molecule has 1 atom stereocenters. The van der Waals surface area contributed by atoms with E-state index in [1.165, 1.54) is 18.9 Å². The maximum absolute atomic E-state index is 10.6. The molecule has 1 fully saturated rings. The molecule has 94 valence electrons. The minimum absolute atomic E-state index is 0.0861. The lowest BCUT2D eigenvalue weighted by atomic mass is 10.0. The topological polar surface area (TPSA) is 62.9 Å². The molecule has 1 aliphatic rings. The van der Waals surface area contributed by atoms with Crippen LogP contribution in [0.25, 0.3) is 0 Å². The quantitative estimate of drug-likeness (QED) is 0.868. The predicted octanol–water partition coefficient (Wildman–Crippen LogP) is 1.84. The zero-order valence-electron chi connectivity index (χ0n) is 9.89. The first-order valence-corrected chi connectivity index (χ1v) is 5.83. The number of likely N-dealkylation sites (N-methyl/N-ethyl adjacent to an activating group) is 1. The van der Waals surface area contributed by atoms with Gasteiger partial charge in [-0.05, 0) is 32.5 Å². The van der Waals surface area contributed by atoms with Crippen LogP contribution in [0.15, 0.2) is 16.5 Å². The largest absolute Gasteiger partial charge is 0.475 e. The fourth-order valence-corrected chi connectivity index (χ4v) is 2.05. The number of aromatic carboxylic acids is 1. The summed E-state index contributed by atoms with van der Waals surface area (Å²) in [7, 11) is 2.08. The Balaban J connectivity index is 1.86. The Morgan fingerprint density at radius 1 is 1.59 bits per heavy atom. The molecule has 1 unspecified atom stereocenters.